The van der Waals surface area contributed by atoms with Crippen molar-refractivity contribution in [3.05, 3.63) is 47.9 Å². The van der Waals surface area contributed by atoms with Crippen molar-refractivity contribution in [3.8, 4) is 0 Å². The van der Waals surface area contributed by atoms with Gasteiger partial charge in [-0.3, -0.25) is 4.79 Å². The van der Waals surface area contributed by atoms with Gasteiger partial charge in [-0.2, -0.15) is 0 Å². The monoisotopic (exact) mass is 327 g/mol. The first-order chi connectivity index (χ1) is 11.1. The highest BCUT2D eigenvalue weighted by Crippen LogP contribution is 2.33. The third kappa shape index (κ3) is 3.14. The number of fused-ring (bicyclic) bond motifs is 1. The van der Waals surface area contributed by atoms with E-state index in [1.807, 2.05) is 10.8 Å². The average Bonchev–Trinajstić information content (AvgIpc) is 2.87. The van der Waals surface area contributed by atoms with E-state index < -0.39 is 5.24 Å². The molecule has 0 saturated heterocycles. The van der Waals surface area contributed by atoms with Gasteiger partial charge >= 0.3 is 0 Å². The van der Waals surface area contributed by atoms with Gasteiger partial charge in [-0.25, -0.2) is 9.97 Å². The molecule has 3 N–H and O–H groups in total. The number of anilines is 1. The van der Waals surface area contributed by atoms with Gasteiger partial charge in [0.25, 0.3) is 5.24 Å². The zero-order chi connectivity index (χ0) is 16.4. The first kappa shape index (κ1) is 15.4. The summed E-state index contributed by atoms with van der Waals surface area (Å²) < 4.78 is 2.01. The zero-order valence-electron chi connectivity index (χ0n) is 12.9. The topological polar surface area (TPSA) is 85.8 Å². The summed E-state index contributed by atoms with van der Waals surface area (Å²) in [5.74, 6) is 0.682. The summed E-state index contributed by atoms with van der Waals surface area (Å²) in [4.78, 5) is 20.7. The molecule has 6 nitrogen and oxygen atoms in total. The van der Waals surface area contributed by atoms with Crippen molar-refractivity contribution >= 4 is 33.9 Å². The van der Waals surface area contributed by atoms with E-state index in [0.29, 0.717) is 12.4 Å². The lowest BCUT2D eigenvalue weighted by Crippen LogP contribution is -2.01. The fourth-order valence-electron chi connectivity index (χ4n) is 2.47. The van der Waals surface area contributed by atoms with E-state index in [1.54, 1.807) is 7.05 Å². The molecule has 0 unspecified atom stereocenters. The van der Waals surface area contributed by atoms with Gasteiger partial charge in [0, 0.05) is 24.7 Å². The van der Waals surface area contributed by atoms with E-state index in [9.17, 15) is 4.79 Å². The molecule has 2 heterocycles. The molecule has 23 heavy (non-hydrogen) atoms. The van der Waals surface area contributed by atoms with E-state index in [0.717, 1.165) is 33.3 Å². The number of hydrogen-bond donors (Lipinski definition) is 2. The molecule has 0 aliphatic rings. The number of rotatable bonds is 4. The van der Waals surface area contributed by atoms with Crippen LogP contribution in [-0.2, 0) is 6.54 Å². The van der Waals surface area contributed by atoms with Crippen molar-refractivity contribution in [2.24, 2.45) is 5.73 Å². The Bertz CT molecular complexity index is 857. The molecule has 7 heteroatoms. The molecule has 2 aromatic heterocycles. The van der Waals surface area contributed by atoms with Gasteiger partial charge < -0.3 is 15.6 Å². The van der Waals surface area contributed by atoms with E-state index in [1.165, 1.54) is 11.9 Å². The summed E-state index contributed by atoms with van der Waals surface area (Å²) >= 11 is 0.989. The second kappa shape index (κ2) is 6.29. The summed E-state index contributed by atoms with van der Waals surface area (Å²) in [5, 5.41) is 3.40. The highest BCUT2D eigenvalue weighted by atomic mass is 32.2. The van der Waals surface area contributed by atoms with Crippen LogP contribution in [0.25, 0.3) is 11.0 Å². The van der Waals surface area contributed by atoms with Crippen LogP contribution in [0.15, 0.2) is 41.7 Å². The summed E-state index contributed by atoms with van der Waals surface area (Å²) in [6.45, 7) is 2.72. The standard InChI is InChI=1S/C16H17N5OS/c1-10-3-5-11(6-4-10)7-21-8-12(23-16(17)22)13-14(18-2)19-9-20-15(13)21/h3-6,8-9H,7H2,1-2H3,(H2,17,22)(H,18,19,20). The maximum Gasteiger partial charge on any atom is 0.281 e. The average molecular weight is 327 g/mol. The molecule has 3 rings (SSSR count). The van der Waals surface area contributed by atoms with Crippen LogP contribution in [0, 0.1) is 6.92 Å². The van der Waals surface area contributed by atoms with Crippen molar-refractivity contribution in [2.75, 3.05) is 12.4 Å². The van der Waals surface area contributed by atoms with Gasteiger partial charge in [-0.15, -0.1) is 0 Å². The van der Waals surface area contributed by atoms with Crippen molar-refractivity contribution in [1.82, 2.24) is 14.5 Å². The number of aryl methyl sites for hydroxylation is 1. The van der Waals surface area contributed by atoms with Crippen molar-refractivity contribution in [3.63, 3.8) is 0 Å². The molecule has 0 fully saturated rings. The quantitative estimate of drug-likeness (QED) is 0.719. The van der Waals surface area contributed by atoms with Crippen LogP contribution >= 0.6 is 11.8 Å². The fraction of sp³-hybridized carbons (Fsp3) is 0.188. The van der Waals surface area contributed by atoms with E-state index in [4.69, 9.17) is 5.73 Å². The number of primary amides is 1. The van der Waals surface area contributed by atoms with Gasteiger partial charge in [0.2, 0.25) is 0 Å². The number of aromatic nitrogens is 3. The Balaban J connectivity index is 2.09. The summed E-state index contributed by atoms with van der Waals surface area (Å²) in [6, 6.07) is 8.33. The molecular weight excluding hydrogens is 310 g/mol. The molecule has 0 aliphatic heterocycles. The lowest BCUT2D eigenvalue weighted by Gasteiger charge is -2.06. The second-order valence-electron chi connectivity index (χ2n) is 5.20. The number of nitrogens with zero attached hydrogens (tertiary/aromatic N) is 3. The fourth-order valence-corrected chi connectivity index (χ4v) is 3.16. The number of carbonyl (C=O) groups excluding carboxylic acids is 1. The molecule has 0 radical (unpaired) electrons. The van der Waals surface area contributed by atoms with Gasteiger partial charge in [0.05, 0.1) is 5.39 Å². The summed E-state index contributed by atoms with van der Waals surface area (Å²) in [7, 11) is 1.79. The molecule has 3 aromatic rings. The predicted octanol–water partition coefficient (Wildman–Crippen LogP) is 3.00. The molecule has 0 saturated carbocycles. The van der Waals surface area contributed by atoms with Crippen LogP contribution in [0.2, 0.25) is 0 Å². The van der Waals surface area contributed by atoms with E-state index in [-0.39, 0.29) is 0 Å². The Hall–Kier alpha value is -2.54. The number of thioether (sulfide) groups is 1. The van der Waals surface area contributed by atoms with Crippen LogP contribution < -0.4 is 11.1 Å². The molecular formula is C16H17N5OS. The minimum Gasteiger partial charge on any atom is -0.372 e. The number of nitrogens with one attached hydrogen (secondary N) is 1. The predicted molar refractivity (Wildman–Crippen MR) is 92.8 cm³/mol. The Morgan fingerprint density at radius 1 is 1.30 bits per heavy atom. The lowest BCUT2D eigenvalue weighted by atomic mass is 10.1. The zero-order valence-corrected chi connectivity index (χ0v) is 13.7. The van der Waals surface area contributed by atoms with E-state index in [2.05, 4.69) is 46.5 Å². The minimum atomic E-state index is -0.453. The van der Waals surface area contributed by atoms with Crippen LogP contribution in [0.5, 0.6) is 0 Å². The van der Waals surface area contributed by atoms with Crippen molar-refractivity contribution in [2.45, 2.75) is 18.4 Å². The normalized spacial score (nSPS) is 10.9. The Morgan fingerprint density at radius 2 is 2.04 bits per heavy atom. The highest BCUT2D eigenvalue weighted by molar-refractivity contribution is 8.13. The summed E-state index contributed by atoms with van der Waals surface area (Å²) in [5.41, 5.74) is 8.49. The van der Waals surface area contributed by atoms with Gasteiger partial charge in [0.15, 0.2) is 0 Å². The van der Waals surface area contributed by atoms with Gasteiger partial charge in [0.1, 0.15) is 17.8 Å². The number of amides is 1. The molecule has 0 aliphatic carbocycles. The largest absolute Gasteiger partial charge is 0.372 e. The van der Waals surface area contributed by atoms with Crippen molar-refractivity contribution < 1.29 is 4.79 Å². The molecule has 0 spiro atoms. The Kier molecular flexibility index (Phi) is 4.20. The number of benzene rings is 1. The number of hydrogen-bond acceptors (Lipinski definition) is 5. The lowest BCUT2D eigenvalue weighted by molar-refractivity contribution is 0.267. The molecule has 118 valence electrons. The second-order valence-corrected chi connectivity index (χ2v) is 6.25. The molecule has 1 amide bonds. The number of carbonyl (C=O) groups is 1. The van der Waals surface area contributed by atoms with Crippen molar-refractivity contribution in [1.29, 1.82) is 0 Å². The molecule has 0 bridgehead atoms. The van der Waals surface area contributed by atoms with Crippen LogP contribution in [0.3, 0.4) is 0 Å². The third-order valence-electron chi connectivity index (χ3n) is 3.54. The molecule has 0 atom stereocenters. The van der Waals surface area contributed by atoms with Crippen LogP contribution in [0.1, 0.15) is 11.1 Å². The van der Waals surface area contributed by atoms with Crippen LogP contribution in [0.4, 0.5) is 10.6 Å². The maximum absolute atomic E-state index is 11.3. The third-order valence-corrected chi connectivity index (χ3v) is 4.27. The first-order valence-electron chi connectivity index (χ1n) is 7.13. The van der Waals surface area contributed by atoms with E-state index >= 15 is 0 Å². The van der Waals surface area contributed by atoms with Gasteiger partial charge in [-0.05, 0) is 24.2 Å². The smallest absolute Gasteiger partial charge is 0.281 e. The Morgan fingerprint density at radius 3 is 2.70 bits per heavy atom. The SMILES string of the molecule is CNc1ncnc2c1c(SC(N)=O)cn2Cc1ccc(C)cc1. The molecule has 1 aromatic carbocycles. The van der Waals surface area contributed by atoms with Crippen LogP contribution in [-0.4, -0.2) is 26.8 Å². The van der Waals surface area contributed by atoms with Gasteiger partial charge in [-0.1, -0.05) is 29.8 Å². The minimum absolute atomic E-state index is 0.453. The number of nitrogens with two attached hydrogens (primary N) is 1. The highest BCUT2D eigenvalue weighted by Gasteiger charge is 2.16. The Labute approximate surface area is 138 Å². The maximum atomic E-state index is 11.3. The summed E-state index contributed by atoms with van der Waals surface area (Å²) in [6.07, 6.45) is 3.41. The first-order valence-corrected chi connectivity index (χ1v) is 7.94.